The molecule has 2 aromatic heterocycles. The number of ether oxygens (including phenoxy) is 2. The number of carbonyl (C=O) groups is 1. The summed E-state index contributed by atoms with van der Waals surface area (Å²) in [6.07, 6.45) is 4.90. The van der Waals surface area contributed by atoms with Gasteiger partial charge in [-0.2, -0.15) is 0 Å². The van der Waals surface area contributed by atoms with Crippen molar-refractivity contribution in [3.8, 4) is 17.2 Å². The van der Waals surface area contributed by atoms with Crippen molar-refractivity contribution in [2.75, 3.05) is 25.0 Å². The molecule has 38 heavy (non-hydrogen) atoms. The highest BCUT2D eigenvalue weighted by Gasteiger charge is 2.19. The van der Waals surface area contributed by atoms with E-state index in [1.165, 1.54) is 0 Å². The fourth-order valence-electron chi connectivity index (χ4n) is 4.72. The van der Waals surface area contributed by atoms with Gasteiger partial charge in [0.2, 0.25) is 5.91 Å². The molecule has 1 amide bonds. The van der Waals surface area contributed by atoms with E-state index in [1.54, 1.807) is 12.7 Å². The van der Waals surface area contributed by atoms with Gasteiger partial charge in [0.1, 0.15) is 36.0 Å². The zero-order chi connectivity index (χ0) is 26.1. The average Bonchev–Trinajstić information content (AvgIpc) is 3.50. The molecule has 1 N–H and O–H groups in total. The van der Waals surface area contributed by atoms with Crippen LogP contribution in [0.5, 0.6) is 17.2 Å². The van der Waals surface area contributed by atoms with Gasteiger partial charge in [-0.25, -0.2) is 15.0 Å². The number of benzene rings is 3. The third-order valence-corrected chi connectivity index (χ3v) is 6.77. The summed E-state index contributed by atoms with van der Waals surface area (Å²) in [4.78, 5) is 27.0. The first-order valence-corrected chi connectivity index (χ1v) is 12.7. The van der Waals surface area contributed by atoms with Crippen LogP contribution in [0.25, 0.3) is 21.9 Å². The van der Waals surface area contributed by atoms with Crippen molar-refractivity contribution >= 4 is 39.3 Å². The maximum Gasteiger partial charge on any atom is 0.222 e. The molecule has 1 saturated heterocycles. The molecule has 1 fully saturated rings. The normalized spacial score (nSPS) is 13.4. The van der Waals surface area contributed by atoms with Crippen molar-refractivity contribution in [2.45, 2.75) is 19.8 Å². The number of aromatic nitrogens is 4. The van der Waals surface area contributed by atoms with Crippen molar-refractivity contribution in [3.63, 3.8) is 0 Å². The van der Waals surface area contributed by atoms with E-state index in [0.29, 0.717) is 31.1 Å². The Morgan fingerprint density at radius 1 is 0.974 bits per heavy atom. The number of aryl methyl sites for hydroxylation is 2. The number of likely N-dealkylation sites (tertiary alicyclic amines) is 1. The van der Waals surface area contributed by atoms with Crippen LogP contribution in [0.3, 0.4) is 0 Å². The molecule has 0 atom stereocenters. The summed E-state index contributed by atoms with van der Waals surface area (Å²) in [5, 5.41) is 4.26. The molecule has 9 nitrogen and oxygen atoms in total. The van der Waals surface area contributed by atoms with Gasteiger partial charge in [-0.3, -0.25) is 4.79 Å². The lowest BCUT2D eigenvalue weighted by atomic mass is 10.2. The number of rotatable bonds is 8. The molecule has 9 heteroatoms. The molecule has 0 aliphatic carbocycles. The number of fused-ring (bicyclic) bond motifs is 2. The number of carbonyl (C=O) groups excluding carboxylic acids is 1. The van der Waals surface area contributed by atoms with Crippen LogP contribution in [0.2, 0.25) is 0 Å². The summed E-state index contributed by atoms with van der Waals surface area (Å²) >= 11 is 0. The number of nitrogens with one attached hydrogen (secondary N) is 1. The first-order chi connectivity index (χ1) is 18.5. The van der Waals surface area contributed by atoms with Crippen molar-refractivity contribution in [3.05, 3.63) is 72.8 Å². The largest absolute Gasteiger partial charge is 0.492 e. The van der Waals surface area contributed by atoms with E-state index in [-0.39, 0.29) is 5.91 Å². The molecule has 1 aliphatic rings. The second-order valence-corrected chi connectivity index (χ2v) is 9.45. The number of nitrogens with zero attached hydrogens (tertiary/aromatic N) is 5. The molecule has 192 valence electrons. The molecular weight excluding hydrogens is 480 g/mol. The summed E-state index contributed by atoms with van der Waals surface area (Å²) in [5.74, 6) is 3.11. The van der Waals surface area contributed by atoms with Crippen molar-refractivity contribution < 1.29 is 14.3 Å². The van der Waals surface area contributed by atoms with Crippen LogP contribution in [-0.4, -0.2) is 50.0 Å². The van der Waals surface area contributed by atoms with E-state index in [4.69, 9.17) is 9.47 Å². The highest BCUT2D eigenvalue weighted by atomic mass is 16.5. The molecule has 0 spiro atoms. The monoisotopic (exact) mass is 508 g/mol. The van der Waals surface area contributed by atoms with E-state index in [9.17, 15) is 4.79 Å². The van der Waals surface area contributed by atoms with Crippen LogP contribution in [0.4, 0.5) is 11.5 Å². The minimum Gasteiger partial charge on any atom is -0.492 e. The van der Waals surface area contributed by atoms with Crippen molar-refractivity contribution in [1.82, 2.24) is 24.4 Å². The Balaban J connectivity index is 1.17. The summed E-state index contributed by atoms with van der Waals surface area (Å²) in [6.45, 7) is 3.86. The fraction of sp³-hybridized carbons (Fsp3) is 0.241. The predicted octanol–water partition coefficient (Wildman–Crippen LogP) is 5.36. The van der Waals surface area contributed by atoms with Gasteiger partial charge in [0.15, 0.2) is 0 Å². The van der Waals surface area contributed by atoms with Gasteiger partial charge in [-0.1, -0.05) is 0 Å². The van der Waals surface area contributed by atoms with E-state index in [2.05, 4.69) is 20.3 Å². The highest BCUT2D eigenvalue weighted by Crippen LogP contribution is 2.31. The molecule has 0 saturated carbocycles. The minimum absolute atomic E-state index is 0.202. The topological polar surface area (TPSA) is 94.4 Å². The second kappa shape index (κ2) is 10.0. The summed E-state index contributed by atoms with van der Waals surface area (Å²) < 4.78 is 14.1. The molecular formula is C29H28N6O3. The van der Waals surface area contributed by atoms with Crippen LogP contribution in [-0.2, 0) is 11.8 Å². The van der Waals surface area contributed by atoms with Crippen molar-refractivity contribution in [2.24, 2.45) is 7.05 Å². The minimum atomic E-state index is 0.202. The van der Waals surface area contributed by atoms with Gasteiger partial charge in [-0.15, -0.1) is 0 Å². The molecule has 5 aromatic rings. The van der Waals surface area contributed by atoms with Crippen LogP contribution in [0, 0.1) is 6.92 Å². The Morgan fingerprint density at radius 2 is 1.87 bits per heavy atom. The van der Waals surface area contributed by atoms with Gasteiger partial charge in [0.05, 0.1) is 29.4 Å². The number of hydrogen-bond donors (Lipinski definition) is 1. The molecule has 0 radical (unpaired) electrons. The maximum absolute atomic E-state index is 11.8. The maximum atomic E-state index is 11.8. The second-order valence-electron chi connectivity index (χ2n) is 9.45. The van der Waals surface area contributed by atoms with Gasteiger partial charge in [-0.05, 0) is 67.4 Å². The zero-order valence-corrected chi connectivity index (χ0v) is 21.3. The van der Waals surface area contributed by atoms with Crippen LogP contribution in [0.1, 0.15) is 18.4 Å². The lowest BCUT2D eigenvalue weighted by Crippen LogP contribution is -2.29. The zero-order valence-electron chi connectivity index (χ0n) is 21.3. The Kier molecular flexibility index (Phi) is 6.25. The number of imidazole rings is 1. The van der Waals surface area contributed by atoms with Gasteiger partial charge >= 0.3 is 0 Å². The first-order valence-electron chi connectivity index (χ1n) is 12.7. The summed E-state index contributed by atoms with van der Waals surface area (Å²) in [5.41, 5.74) is 4.63. The smallest absolute Gasteiger partial charge is 0.222 e. The number of anilines is 2. The molecule has 0 unspecified atom stereocenters. The van der Waals surface area contributed by atoms with Gasteiger partial charge in [0, 0.05) is 37.2 Å². The van der Waals surface area contributed by atoms with Gasteiger partial charge in [0.25, 0.3) is 0 Å². The van der Waals surface area contributed by atoms with Crippen LogP contribution >= 0.6 is 0 Å². The highest BCUT2D eigenvalue weighted by molar-refractivity contribution is 5.91. The summed E-state index contributed by atoms with van der Waals surface area (Å²) in [6, 6.07) is 17.6. The molecule has 3 heterocycles. The lowest BCUT2D eigenvalue weighted by molar-refractivity contribution is -0.128. The third kappa shape index (κ3) is 4.82. The van der Waals surface area contributed by atoms with Crippen molar-refractivity contribution in [1.29, 1.82) is 0 Å². The molecule has 1 aliphatic heterocycles. The van der Waals surface area contributed by atoms with Crippen LogP contribution < -0.4 is 14.8 Å². The molecule has 0 bridgehead atoms. The molecule has 3 aromatic carbocycles. The Morgan fingerprint density at radius 3 is 2.71 bits per heavy atom. The average molecular weight is 509 g/mol. The lowest BCUT2D eigenvalue weighted by Gasteiger charge is -2.16. The Bertz CT molecular complexity index is 1650. The SMILES string of the molecule is Cc1cc(Nc2ncnc3ccc(OCCN4CCCC4=O)cc23)ccc1Oc1ccc2c(c1)ncn2C. The Hall–Kier alpha value is -4.66. The number of amides is 1. The van der Waals surface area contributed by atoms with E-state index >= 15 is 0 Å². The van der Waals surface area contributed by atoms with Crippen LogP contribution in [0.15, 0.2) is 67.3 Å². The van der Waals surface area contributed by atoms with E-state index in [0.717, 1.165) is 57.7 Å². The standard InChI is InChI=1S/C29H28N6O3/c1-19-14-20(5-10-27(19)38-22-7-9-26-25(16-22)32-18-34(26)2)33-29-23-15-21(6-8-24(23)30-17-31-29)37-13-12-35-11-3-4-28(35)36/h5-10,14-18H,3-4,11-13H2,1-2H3,(H,30,31,33). The predicted molar refractivity (Wildman–Crippen MR) is 146 cm³/mol. The number of hydrogen-bond acceptors (Lipinski definition) is 7. The first kappa shape index (κ1) is 23.7. The molecule has 6 rings (SSSR count). The third-order valence-electron chi connectivity index (χ3n) is 6.77. The quantitative estimate of drug-likeness (QED) is 0.301. The van der Waals surface area contributed by atoms with Gasteiger partial charge < -0.3 is 24.3 Å². The van der Waals surface area contributed by atoms with E-state index in [1.807, 2.05) is 78.0 Å². The Labute approximate surface area is 220 Å². The summed E-state index contributed by atoms with van der Waals surface area (Å²) in [7, 11) is 1.97. The van der Waals surface area contributed by atoms with E-state index < -0.39 is 0 Å². The fourth-order valence-corrected chi connectivity index (χ4v) is 4.72.